The molecule has 3 heteroatoms. The first kappa shape index (κ1) is 16.6. The molecule has 8 fully saturated rings. The standard InChI is InChI=1S/C11H17NO.C11H19N/c13-12-11-6-9-2-7-1-8(3-9)5-10(11)4-7;12-11-6-9-2-7-1-8(3-9)5-10(11)4-7/h7-10,13H,1-6H2;7-11H,1-6,12H2/b12-11-;. The van der Waals surface area contributed by atoms with Crippen molar-refractivity contribution in [2.45, 2.75) is 83.1 Å². The van der Waals surface area contributed by atoms with Crippen LogP contribution in [0, 0.1) is 47.3 Å². The molecule has 3 nitrogen and oxygen atoms in total. The van der Waals surface area contributed by atoms with E-state index in [0.29, 0.717) is 12.0 Å². The van der Waals surface area contributed by atoms with Gasteiger partial charge in [0.25, 0.3) is 0 Å². The molecule has 8 aliphatic carbocycles. The topological polar surface area (TPSA) is 58.6 Å². The molecule has 0 aromatic carbocycles. The van der Waals surface area contributed by atoms with Crippen LogP contribution in [0.25, 0.3) is 0 Å². The van der Waals surface area contributed by atoms with Gasteiger partial charge in [-0.3, -0.25) is 0 Å². The summed E-state index contributed by atoms with van der Waals surface area (Å²) in [5, 5.41) is 12.5. The van der Waals surface area contributed by atoms with Gasteiger partial charge in [0.05, 0.1) is 5.71 Å². The first-order valence-electron chi connectivity index (χ1n) is 11.1. The Bertz CT molecular complexity index is 504. The van der Waals surface area contributed by atoms with Crippen molar-refractivity contribution in [3.05, 3.63) is 0 Å². The van der Waals surface area contributed by atoms with Crippen LogP contribution in [0.5, 0.6) is 0 Å². The quantitative estimate of drug-likeness (QED) is 0.489. The highest BCUT2D eigenvalue weighted by Crippen LogP contribution is 2.51. The van der Waals surface area contributed by atoms with Crippen LogP contribution < -0.4 is 5.73 Å². The van der Waals surface area contributed by atoms with E-state index in [1.165, 1.54) is 64.2 Å². The molecule has 8 saturated carbocycles. The molecular weight excluding hydrogens is 308 g/mol. The fourth-order valence-electron chi connectivity index (χ4n) is 8.17. The van der Waals surface area contributed by atoms with E-state index in [4.69, 9.17) is 10.9 Å². The first-order chi connectivity index (χ1) is 12.2. The molecule has 8 rings (SSSR count). The van der Waals surface area contributed by atoms with Gasteiger partial charge in [0.2, 0.25) is 0 Å². The summed E-state index contributed by atoms with van der Waals surface area (Å²) in [7, 11) is 0. The van der Waals surface area contributed by atoms with Gasteiger partial charge in [-0.2, -0.15) is 0 Å². The van der Waals surface area contributed by atoms with Crippen molar-refractivity contribution < 1.29 is 5.21 Å². The van der Waals surface area contributed by atoms with Gasteiger partial charge in [-0.05, 0) is 118 Å². The maximum absolute atomic E-state index is 8.95. The SMILES string of the molecule is NC1CC2CC3CC(C2)CC1C3.O/N=C1/CC2CC3CC(C2)CC1C3. The smallest absolute Gasteiger partial charge is 0.0604 e. The van der Waals surface area contributed by atoms with Gasteiger partial charge in [-0.1, -0.05) is 5.16 Å². The average molecular weight is 345 g/mol. The number of hydrogen-bond acceptors (Lipinski definition) is 3. The van der Waals surface area contributed by atoms with Crippen LogP contribution in [0.3, 0.4) is 0 Å². The van der Waals surface area contributed by atoms with Gasteiger partial charge in [-0.25, -0.2) is 0 Å². The molecule has 5 atom stereocenters. The Morgan fingerprint density at radius 2 is 1.12 bits per heavy atom. The highest BCUT2D eigenvalue weighted by atomic mass is 16.4. The molecule has 140 valence electrons. The van der Waals surface area contributed by atoms with E-state index in [2.05, 4.69) is 5.16 Å². The minimum Gasteiger partial charge on any atom is -0.411 e. The Labute approximate surface area is 152 Å². The number of nitrogens with zero attached hydrogens (tertiary/aromatic N) is 1. The van der Waals surface area contributed by atoms with Crippen LogP contribution >= 0.6 is 0 Å². The average Bonchev–Trinajstić information content (AvgIpc) is 2.87. The molecule has 0 spiro atoms. The predicted octanol–water partition coefficient (Wildman–Crippen LogP) is 4.82. The molecule has 0 aliphatic heterocycles. The van der Waals surface area contributed by atoms with Gasteiger partial charge < -0.3 is 10.9 Å². The maximum Gasteiger partial charge on any atom is 0.0604 e. The molecule has 0 amide bonds. The molecule has 5 unspecified atom stereocenters. The zero-order chi connectivity index (χ0) is 17.0. The normalized spacial score (nSPS) is 54.1. The number of oxime groups is 1. The third kappa shape index (κ3) is 3.26. The molecule has 0 saturated heterocycles. The molecule has 8 bridgehead atoms. The highest BCUT2D eigenvalue weighted by Gasteiger charge is 2.43. The summed E-state index contributed by atoms with van der Waals surface area (Å²) < 4.78 is 0. The summed E-state index contributed by atoms with van der Waals surface area (Å²) in [6, 6.07) is 0.560. The second-order valence-electron chi connectivity index (χ2n) is 10.7. The molecule has 0 aromatic heterocycles. The fraction of sp³-hybridized carbons (Fsp3) is 0.955. The van der Waals surface area contributed by atoms with Crippen LogP contribution in [-0.2, 0) is 0 Å². The number of rotatable bonds is 0. The van der Waals surface area contributed by atoms with Gasteiger partial charge in [0, 0.05) is 12.0 Å². The zero-order valence-corrected chi connectivity index (χ0v) is 15.7. The van der Waals surface area contributed by atoms with E-state index in [-0.39, 0.29) is 0 Å². The van der Waals surface area contributed by atoms with Crippen LogP contribution in [0.2, 0.25) is 0 Å². The summed E-state index contributed by atoms with van der Waals surface area (Å²) in [5.74, 6) is 7.46. The lowest BCUT2D eigenvalue weighted by molar-refractivity contribution is 0.131. The van der Waals surface area contributed by atoms with Crippen LogP contribution in [0.1, 0.15) is 77.0 Å². The zero-order valence-electron chi connectivity index (χ0n) is 15.7. The van der Waals surface area contributed by atoms with Gasteiger partial charge in [-0.15, -0.1) is 0 Å². The minimum absolute atomic E-state index is 0.560. The Balaban J connectivity index is 0.000000112. The van der Waals surface area contributed by atoms with E-state index in [1.54, 1.807) is 6.42 Å². The van der Waals surface area contributed by atoms with Crippen molar-refractivity contribution in [1.82, 2.24) is 0 Å². The maximum atomic E-state index is 8.95. The van der Waals surface area contributed by atoms with E-state index in [9.17, 15) is 0 Å². The molecule has 3 N–H and O–H groups in total. The molecule has 0 aromatic rings. The van der Waals surface area contributed by atoms with E-state index >= 15 is 0 Å². The summed E-state index contributed by atoms with van der Waals surface area (Å²) >= 11 is 0. The lowest BCUT2D eigenvalue weighted by Gasteiger charge is -2.38. The minimum atomic E-state index is 0.560. The van der Waals surface area contributed by atoms with Crippen LogP contribution in [-0.4, -0.2) is 17.0 Å². The third-order valence-electron chi connectivity index (χ3n) is 8.82. The fourth-order valence-corrected chi connectivity index (χ4v) is 8.17. The number of hydrogen-bond donors (Lipinski definition) is 2. The molecule has 0 radical (unpaired) electrons. The molecule has 25 heavy (non-hydrogen) atoms. The van der Waals surface area contributed by atoms with Crippen molar-refractivity contribution in [2.24, 2.45) is 58.2 Å². The monoisotopic (exact) mass is 344 g/mol. The lowest BCUT2D eigenvalue weighted by Crippen LogP contribution is -2.33. The Morgan fingerprint density at radius 1 is 0.640 bits per heavy atom. The van der Waals surface area contributed by atoms with Crippen molar-refractivity contribution in [3.63, 3.8) is 0 Å². The Morgan fingerprint density at radius 3 is 1.68 bits per heavy atom. The molecule has 8 aliphatic rings. The highest BCUT2D eigenvalue weighted by molar-refractivity contribution is 5.87. The van der Waals surface area contributed by atoms with E-state index < -0.39 is 0 Å². The van der Waals surface area contributed by atoms with E-state index in [1.807, 2.05) is 0 Å². The first-order valence-corrected chi connectivity index (χ1v) is 11.1. The van der Waals surface area contributed by atoms with Crippen molar-refractivity contribution in [1.29, 1.82) is 0 Å². The second kappa shape index (κ2) is 6.55. The second-order valence-corrected chi connectivity index (χ2v) is 10.7. The summed E-state index contributed by atoms with van der Waals surface area (Å²) in [6.07, 6.45) is 16.8. The van der Waals surface area contributed by atoms with Crippen molar-refractivity contribution in [2.75, 3.05) is 0 Å². The summed E-state index contributed by atoms with van der Waals surface area (Å²) in [4.78, 5) is 0. The lowest BCUT2D eigenvalue weighted by atomic mass is 9.67. The molecule has 0 heterocycles. The van der Waals surface area contributed by atoms with Gasteiger partial charge >= 0.3 is 0 Å². The molecular formula is C22H36N2O. The van der Waals surface area contributed by atoms with Gasteiger partial charge in [0.15, 0.2) is 0 Å². The number of fused-ring (bicyclic) bond motifs is 2. The van der Waals surface area contributed by atoms with Crippen LogP contribution in [0.4, 0.5) is 0 Å². The Kier molecular flexibility index (Phi) is 4.35. The van der Waals surface area contributed by atoms with Crippen molar-refractivity contribution in [3.8, 4) is 0 Å². The van der Waals surface area contributed by atoms with Crippen LogP contribution in [0.15, 0.2) is 5.16 Å². The third-order valence-corrected chi connectivity index (χ3v) is 8.82. The van der Waals surface area contributed by atoms with Gasteiger partial charge in [0.1, 0.15) is 0 Å². The summed E-state index contributed by atoms with van der Waals surface area (Å²) in [5.41, 5.74) is 7.32. The largest absolute Gasteiger partial charge is 0.411 e. The Hall–Kier alpha value is -0.570. The van der Waals surface area contributed by atoms with E-state index in [0.717, 1.165) is 53.6 Å². The summed E-state index contributed by atoms with van der Waals surface area (Å²) in [6.45, 7) is 0. The number of nitrogens with two attached hydrogens (primary N) is 1. The van der Waals surface area contributed by atoms with Crippen molar-refractivity contribution >= 4 is 5.71 Å². The predicted molar refractivity (Wildman–Crippen MR) is 101 cm³/mol.